The summed E-state index contributed by atoms with van der Waals surface area (Å²) in [6.07, 6.45) is 4.16. The van der Waals surface area contributed by atoms with Gasteiger partial charge in [-0.1, -0.05) is 32.0 Å². The summed E-state index contributed by atoms with van der Waals surface area (Å²) in [6.45, 7) is 6.07. The van der Waals surface area contributed by atoms with E-state index in [0.29, 0.717) is 23.9 Å². The predicted octanol–water partition coefficient (Wildman–Crippen LogP) is 5.17. The minimum Gasteiger partial charge on any atom is -0.496 e. The normalized spacial score (nSPS) is 11.5. The summed E-state index contributed by atoms with van der Waals surface area (Å²) in [5.41, 5.74) is 3.93. The maximum absolute atomic E-state index is 13.1. The lowest BCUT2D eigenvalue weighted by atomic mass is 10.1. The molecule has 0 spiro atoms. The summed E-state index contributed by atoms with van der Waals surface area (Å²) in [5, 5.41) is 5.22. The van der Waals surface area contributed by atoms with Crippen LogP contribution in [-0.4, -0.2) is 35.8 Å². The third kappa shape index (κ3) is 4.42. The molecule has 0 saturated heterocycles. The summed E-state index contributed by atoms with van der Waals surface area (Å²) >= 11 is 0. The van der Waals surface area contributed by atoms with Crippen LogP contribution in [0.25, 0.3) is 21.8 Å². The lowest BCUT2D eigenvalue weighted by Gasteiger charge is -2.09. The van der Waals surface area contributed by atoms with Crippen LogP contribution in [0.5, 0.6) is 11.5 Å². The fourth-order valence-electron chi connectivity index (χ4n) is 4.48. The lowest BCUT2D eigenvalue weighted by molar-refractivity contribution is 0.0946. The molecule has 4 aromatic rings. The number of aromatic nitrogens is 2. The van der Waals surface area contributed by atoms with Crippen molar-refractivity contribution < 1.29 is 14.3 Å². The monoisotopic (exact) mass is 447 g/mol. The van der Waals surface area contributed by atoms with E-state index in [4.69, 9.17) is 9.47 Å². The second kappa shape index (κ2) is 9.61. The molecule has 2 aromatic carbocycles. The predicted molar refractivity (Wildman–Crippen MR) is 133 cm³/mol. The maximum atomic E-state index is 13.1. The number of hydrogen-bond donors (Lipinski definition) is 1. The van der Waals surface area contributed by atoms with Gasteiger partial charge in [0.05, 0.1) is 19.7 Å². The van der Waals surface area contributed by atoms with Crippen LogP contribution >= 0.6 is 0 Å². The highest BCUT2D eigenvalue weighted by Crippen LogP contribution is 2.35. The topological polar surface area (TPSA) is 57.4 Å². The van der Waals surface area contributed by atoms with Gasteiger partial charge in [0.1, 0.15) is 17.2 Å². The Bertz CT molecular complexity index is 1280. The average molecular weight is 448 g/mol. The highest BCUT2D eigenvalue weighted by molar-refractivity contribution is 6.02. The van der Waals surface area contributed by atoms with Crippen LogP contribution in [0, 0.1) is 5.92 Å². The van der Waals surface area contributed by atoms with Gasteiger partial charge in [-0.3, -0.25) is 4.79 Å². The number of carbonyl (C=O) groups excluding carboxylic acids is 1. The first-order valence-electron chi connectivity index (χ1n) is 11.5. The largest absolute Gasteiger partial charge is 0.496 e. The number of rotatable bonds is 9. The van der Waals surface area contributed by atoms with E-state index in [2.05, 4.69) is 54.2 Å². The van der Waals surface area contributed by atoms with Crippen molar-refractivity contribution in [3.8, 4) is 11.5 Å². The van der Waals surface area contributed by atoms with Gasteiger partial charge in [-0.05, 0) is 48.6 Å². The van der Waals surface area contributed by atoms with Crippen molar-refractivity contribution in [2.45, 2.75) is 33.2 Å². The summed E-state index contributed by atoms with van der Waals surface area (Å²) in [4.78, 5) is 13.1. The molecule has 0 unspecified atom stereocenters. The molecule has 0 bridgehead atoms. The first-order valence-corrected chi connectivity index (χ1v) is 11.5. The van der Waals surface area contributed by atoms with Gasteiger partial charge in [-0.15, -0.1) is 0 Å². The van der Waals surface area contributed by atoms with E-state index in [0.717, 1.165) is 36.0 Å². The molecule has 1 N–H and O–H groups in total. The van der Waals surface area contributed by atoms with Gasteiger partial charge in [-0.2, -0.15) is 0 Å². The summed E-state index contributed by atoms with van der Waals surface area (Å²) in [5.74, 6) is 1.98. The number of amides is 1. The van der Waals surface area contributed by atoms with Crippen LogP contribution in [0.1, 0.15) is 36.3 Å². The summed E-state index contributed by atoms with van der Waals surface area (Å²) < 4.78 is 15.2. The number of fused-ring (bicyclic) bond motifs is 2. The van der Waals surface area contributed by atoms with Crippen molar-refractivity contribution in [3.05, 3.63) is 59.9 Å². The van der Waals surface area contributed by atoms with Crippen molar-refractivity contribution in [1.82, 2.24) is 14.5 Å². The molecule has 6 nitrogen and oxygen atoms in total. The molecule has 1 amide bonds. The van der Waals surface area contributed by atoms with Crippen molar-refractivity contribution in [2.24, 2.45) is 13.0 Å². The second-order valence-electron chi connectivity index (χ2n) is 8.87. The Morgan fingerprint density at radius 1 is 1.03 bits per heavy atom. The molecule has 33 heavy (non-hydrogen) atoms. The molecule has 2 aromatic heterocycles. The summed E-state index contributed by atoms with van der Waals surface area (Å²) in [6, 6.07) is 14.1. The third-order valence-electron chi connectivity index (χ3n) is 6.29. The van der Waals surface area contributed by atoms with E-state index in [1.807, 2.05) is 29.8 Å². The first kappa shape index (κ1) is 22.8. The van der Waals surface area contributed by atoms with Gasteiger partial charge >= 0.3 is 0 Å². The number of para-hydroxylation sites is 1. The molecule has 4 rings (SSSR count). The van der Waals surface area contributed by atoms with Gasteiger partial charge in [-0.25, -0.2) is 0 Å². The zero-order valence-electron chi connectivity index (χ0n) is 20.1. The SMILES string of the molecule is COc1ccc(OC)c2c1cc(C(=O)NCCc1cn(CCC(C)C)c3ccccc13)n2C. The molecular formula is C27H33N3O3. The second-order valence-corrected chi connectivity index (χ2v) is 8.87. The Labute approximate surface area is 195 Å². The van der Waals surface area contributed by atoms with E-state index in [1.165, 1.54) is 16.5 Å². The van der Waals surface area contributed by atoms with Gasteiger partial charge in [0, 0.05) is 42.6 Å². The first-order chi connectivity index (χ1) is 15.9. The average Bonchev–Trinajstić information content (AvgIpc) is 3.35. The number of benzene rings is 2. The number of carbonyl (C=O) groups is 1. The van der Waals surface area contributed by atoms with E-state index in [1.54, 1.807) is 14.2 Å². The molecule has 6 heteroatoms. The van der Waals surface area contributed by atoms with E-state index in [-0.39, 0.29) is 5.91 Å². The van der Waals surface area contributed by atoms with Crippen molar-refractivity contribution >= 4 is 27.7 Å². The zero-order valence-corrected chi connectivity index (χ0v) is 20.1. The Morgan fingerprint density at radius 3 is 2.48 bits per heavy atom. The Morgan fingerprint density at radius 2 is 1.76 bits per heavy atom. The molecule has 0 aliphatic rings. The molecule has 0 aliphatic heterocycles. The van der Waals surface area contributed by atoms with Gasteiger partial charge < -0.3 is 23.9 Å². The number of aryl methyl sites for hydroxylation is 2. The molecular weight excluding hydrogens is 414 g/mol. The summed E-state index contributed by atoms with van der Waals surface area (Å²) in [7, 11) is 5.14. The van der Waals surface area contributed by atoms with Crippen LogP contribution in [0.2, 0.25) is 0 Å². The van der Waals surface area contributed by atoms with Gasteiger partial charge in [0.25, 0.3) is 5.91 Å². The van der Waals surface area contributed by atoms with Crippen molar-refractivity contribution in [1.29, 1.82) is 0 Å². The maximum Gasteiger partial charge on any atom is 0.267 e. The number of hydrogen-bond acceptors (Lipinski definition) is 3. The molecule has 0 radical (unpaired) electrons. The van der Waals surface area contributed by atoms with Crippen LogP contribution in [0.4, 0.5) is 0 Å². The van der Waals surface area contributed by atoms with E-state index in [9.17, 15) is 4.79 Å². The molecule has 0 saturated carbocycles. The fourth-order valence-corrected chi connectivity index (χ4v) is 4.48. The lowest BCUT2D eigenvalue weighted by Crippen LogP contribution is -2.27. The molecule has 174 valence electrons. The Kier molecular flexibility index (Phi) is 6.63. The van der Waals surface area contributed by atoms with Crippen LogP contribution in [-0.2, 0) is 20.0 Å². The number of methoxy groups -OCH3 is 2. The number of nitrogens with zero attached hydrogens (tertiary/aromatic N) is 2. The van der Waals surface area contributed by atoms with Gasteiger partial charge in [0.15, 0.2) is 0 Å². The molecule has 0 aliphatic carbocycles. The van der Waals surface area contributed by atoms with E-state index < -0.39 is 0 Å². The van der Waals surface area contributed by atoms with Crippen molar-refractivity contribution in [2.75, 3.05) is 20.8 Å². The third-order valence-corrected chi connectivity index (χ3v) is 6.29. The standard InChI is InChI=1S/C27H33N3O3/c1-18(2)13-15-30-17-19(20-8-6-7-9-22(20)30)12-14-28-27(31)23-16-21-24(32-4)10-11-25(33-5)26(21)29(23)3/h6-11,16-18H,12-15H2,1-5H3,(H,28,31). The number of nitrogens with one attached hydrogen (secondary N) is 1. The molecule has 0 fully saturated rings. The van der Waals surface area contributed by atoms with Crippen molar-refractivity contribution in [3.63, 3.8) is 0 Å². The van der Waals surface area contributed by atoms with Crippen LogP contribution in [0.3, 0.4) is 0 Å². The van der Waals surface area contributed by atoms with Gasteiger partial charge in [0.2, 0.25) is 0 Å². The fraction of sp³-hybridized carbons (Fsp3) is 0.370. The van der Waals surface area contributed by atoms with E-state index >= 15 is 0 Å². The molecule has 2 heterocycles. The number of ether oxygens (including phenoxy) is 2. The Balaban J connectivity index is 1.52. The van der Waals surface area contributed by atoms with Crippen LogP contribution in [0.15, 0.2) is 48.7 Å². The Hall–Kier alpha value is -3.41. The minimum absolute atomic E-state index is 0.110. The highest BCUT2D eigenvalue weighted by atomic mass is 16.5. The quantitative estimate of drug-likeness (QED) is 0.385. The smallest absolute Gasteiger partial charge is 0.267 e. The molecule has 0 atom stereocenters. The zero-order chi connectivity index (χ0) is 23.5. The highest BCUT2D eigenvalue weighted by Gasteiger charge is 2.19. The van der Waals surface area contributed by atoms with Crippen LogP contribution < -0.4 is 14.8 Å². The minimum atomic E-state index is -0.110.